The van der Waals surface area contributed by atoms with E-state index in [1.54, 1.807) is 24.3 Å². The minimum atomic E-state index is -0.902. The monoisotopic (exact) mass is 421 g/mol. The van der Waals surface area contributed by atoms with Crippen LogP contribution in [0.15, 0.2) is 66.1 Å². The number of benzene rings is 2. The van der Waals surface area contributed by atoms with Gasteiger partial charge in [-0.3, -0.25) is 9.59 Å². The molecule has 0 aliphatic carbocycles. The highest BCUT2D eigenvalue weighted by Gasteiger charge is 2.32. The van der Waals surface area contributed by atoms with E-state index >= 15 is 0 Å². The Bertz CT molecular complexity index is 996. The second kappa shape index (κ2) is 9.34. The molecule has 160 valence electrons. The summed E-state index contributed by atoms with van der Waals surface area (Å²) in [5.74, 6) is -1.87. The van der Waals surface area contributed by atoms with Crippen LogP contribution in [0.2, 0.25) is 0 Å². The molecule has 1 fully saturated rings. The van der Waals surface area contributed by atoms with Crippen molar-refractivity contribution in [1.29, 1.82) is 0 Å². The highest BCUT2D eigenvalue weighted by atomic mass is 16.5. The van der Waals surface area contributed by atoms with Gasteiger partial charge in [-0.2, -0.15) is 0 Å². The van der Waals surface area contributed by atoms with Gasteiger partial charge in [0.15, 0.2) is 18.8 Å². The van der Waals surface area contributed by atoms with Gasteiger partial charge in [-0.25, -0.2) is 4.79 Å². The van der Waals surface area contributed by atoms with Crippen LogP contribution in [0.25, 0.3) is 0 Å². The zero-order valence-corrected chi connectivity index (χ0v) is 16.9. The van der Waals surface area contributed by atoms with Gasteiger partial charge >= 0.3 is 5.97 Å². The lowest BCUT2D eigenvalue weighted by molar-refractivity contribution is -0.144. The highest BCUT2D eigenvalue weighted by Crippen LogP contribution is 2.22. The summed E-state index contributed by atoms with van der Waals surface area (Å²) in [6.45, 7) is 1.32. The van der Waals surface area contributed by atoms with Crippen molar-refractivity contribution in [2.75, 3.05) is 41.8 Å². The van der Waals surface area contributed by atoms with Crippen LogP contribution < -0.4 is 15.5 Å². The van der Waals surface area contributed by atoms with Crippen molar-refractivity contribution in [2.45, 2.75) is 12.8 Å². The first-order valence-corrected chi connectivity index (χ1v) is 10.1. The quantitative estimate of drug-likeness (QED) is 0.524. The summed E-state index contributed by atoms with van der Waals surface area (Å²) in [6.07, 6.45) is 2.38. The number of hydrogen-bond donors (Lipinski definition) is 2. The maximum Gasteiger partial charge on any atom is 0.347 e. The summed E-state index contributed by atoms with van der Waals surface area (Å²) < 4.78 is 10.3. The predicted octanol–water partition coefficient (Wildman–Crippen LogP) is 2.69. The second-order valence-corrected chi connectivity index (χ2v) is 7.27. The molecular weight excluding hydrogens is 398 g/mol. The molecule has 0 spiro atoms. The highest BCUT2D eigenvalue weighted by molar-refractivity contribution is 6.20. The second-order valence-electron chi connectivity index (χ2n) is 7.27. The number of carbonyl (C=O) groups excluding carboxylic acids is 3. The van der Waals surface area contributed by atoms with Crippen molar-refractivity contribution >= 4 is 34.7 Å². The molecule has 2 aliphatic rings. The number of hydrogen-bond acceptors (Lipinski definition) is 7. The van der Waals surface area contributed by atoms with Gasteiger partial charge in [0.25, 0.3) is 5.91 Å². The van der Waals surface area contributed by atoms with E-state index in [4.69, 9.17) is 9.47 Å². The van der Waals surface area contributed by atoms with Crippen LogP contribution in [-0.4, -0.2) is 44.0 Å². The van der Waals surface area contributed by atoms with Crippen LogP contribution in [-0.2, 0) is 23.9 Å². The zero-order chi connectivity index (χ0) is 21.6. The normalized spacial score (nSPS) is 15.6. The van der Waals surface area contributed by atoms with Crippen LogP contribution in [0.4, 0.5) is 17.1 Å². The molecule has 2 aromatic rings. The largest absolute Gasteiger partial charge is 0.470 e. The van der Waals surface area contributed by atoms with Crippen LogP contribution in [0.5, 0.6) is 0 Å². The molecular formula is C23H23N3O5. The molecule has 8 heteroatoms. The van der Waals surface area contributed by atoms with Crippen molar-refractivity contribution in [3.8, 4) is 0 Å². The Morgan fingerprint density at radius 1 is 0.968 bits per heavy atom. The fraction of sp³-hybridized carbons (Fsp3) is 0.261. The Morgan fingerprint density at radius 2 is 1.68 bits per heavy atom. The number of para-hydroxylation sites is 1. The van der Waals surface area contributed by atoms with Gasteiger partial charge < -0.3 is 25.0 Å². The number of rotatable bonds is 7. The smallest absolute Gasteiger partial charge is 0.347 e. The van der Waals surface area contributed by atoms with Gasteiger partial charge in [0.2, 0.25) is 11.7 Å². The number of nitrogens with one attached hydrogen (secondary N) is 2. The minimum Gasteiger partial charge on any atom is -0.470 e. The Hall–Kier alpha value is -3.81. The van der Waals surface area contributed by atoms with E-state index < -0.39 is 24.3 Å². The lowest BCUT2D eigenvalue weighted by Gasteiger charge is -2.17. The summed E-state index contributed by atoms with van der Waals surface area (Å²) in [5.41, 5.74) is 2.15. The first-order chi connectivity index (χ1) is 15.1. The number of esters is 1. The van der Waals surface area contributed by atoms with Crippen molar-refractivity contribution < 1.29 is 23.9 Å². The number of nitrogens with zero attached hydrogens (tertiary/aromatic N) is 1. The van der Waals surface area contributed by atoms with Gasteiger partial charge in [0.05, 0.1) is 0 Å². The number of carbonyl (C=O) groups is 3. The molecule has 0 atom stereocenters. The molecule has 2 N–H and O–H groups in total. The minimum absolute atomic E-state index is 0.0270. The predicted molar refractivity (Wildman–Crippen MR) is 116 cm³/mol. The van der Waals surface area contributed by atoms with Gasteiger partial charge in [-0.15, -0.1) is 0 Å². The summed E-state index contributed by atoms with van der Waals surface area (Å²) in [6, 6.07) is 16.5. The summed E-state index contributed by atoms with van der Waals surface area (Å²) in [4.78, 5) is 38.9. The molecule has 2 heterocycles. The number of Topliss-reactive ketones (excluding diaryl/α,β-unsaturated/α-hetero) is 1. The van der Waals surface area contributed by atoms with Gasteiger partial charge in [0, 0.05) is 30.2 Å². The standard InChI is InChI=1S/C23H23N3O5/c27-19-14-30-22(25-16-6-2-1-3-7-16)21(19)23(29)31-15-20(28)24-17-8-10-18(11-9-17)26-12-4-5-13-26/h1-3,6-11,25H,4-5,12-15H2,(H,24,28). The van der Waals surface area contributed by atoms with E-state index in [2.05, 4.69) is 15.5 Å². The Balaban J connectivity index is 1.32. The third kappa shape index (κ3) is 5.03. The lowest BCUT2D eigenvalue weighted by atomic mass is 10.2. The van der Waals surface area contributed by atoms with Crippen molar-refractivity contribution in [3.05, 3.63) is 66.1 Å². The molecule has 2 aromatic carbocycles. The van der Waals surface area contributed by atoms with Gasteiger partial charge in [-0.05, 0) is 49.2 Å². The first kappa shape index (κ1) is 20.5. The van der Waals surface area contributed by atoms with E-state index in [1.165, 1.54) is 12.8 Å². The summed E-state index contributed by atoms with van der Waals surface area (Å²) >= 11 is 0. The molecule has 0 unspecified atom stereocenters. The molecule has 1 saturated heterocycles. The zero-order valence-electron chi connectivity index (χ0n) is 16.9. The van der Waals surface area contributed by atoms with Crippen molar-refractivity contribution in [1.82, 2.24) is 0 Å². The summed E-state index contributed by atoms with van der Waals surface area (Å²) in [5, 5.41) is 5.57. The third-order valence-corrected chi connectivity index (χ3v) is 5.05. The van der Waals surface area contributed by atoms with E-state index in [1.807, 2.05) is 30.3 Å². The molecule has 2 aliphatic heterocycles. The van der Waals surface area contributed by atoms with Gasteiger partial charge in [-0.1, -0.05) is 18.2 Å². The maximum absolute atomic E-state index is 12.4. The van der Waals surface area contributed by atoms with Crippen LogP contribution in [0, 0.1) is 0 Å². The van der Waals surface area contributed by atoms with Crippen molar-refractivity contribution in [3.63, 3.8) is 0 Å². The van der Waals surface area contributed by atoms with Crippen molar-refractivity contribution in [2.24, 2.45) is 0 Å². The number of amides is 1. The van der Waals surface area contributed by atoms with E-state index in [0.717, 1.165) is 18.8 Å². The topological polar surface area (TPSA) is 97.0 Å². The molecule has 0 bridgehead atoms. The third-order valence-electron chi connectivity index (χ3n) is 5.05. The molecule has 31 heavy (non-hydrogen) atoms. The SMILES string of the molecule is O=C(COC(=O)C1=C(Nc2ccccc2)OCC1=O)Nc1ccc(N2CCCC2)cc1. The van der Waals surface area contributed by atoms with Crippen LogP contribution >= 0.6 is 0 Å². The maximum atomic E-state index is 12.4. The number of ketones is 1. The van der Waals surface area contributed by atoms with E-state index in [-0.39, 0.29) is 18.1 Å². The number of ether oxygens (including phenoxy) is 2. The average molecular weight is 421 g/mol. The molecule has 4 rings (SSSR count). The molecule has 0 aromatic heterocycles. The molecule has 8 nitrogen and oxygen atoms in total. The Kier molecular flexibility index (Phi) is 6.16. The Labute approximate surface area is 179 Å². The summed E-state index contributed by atoms with van der Waals surface area (Å²) in [7, 11) is 0. The van der Waals surface area contributed by atoms with Crippen LogP contribution in [0.1, 0.15) is 12.8 Å². The van der Waals surface area contributed by atoms with Gasteiger partial charge in [0.1, 0.15) is 0 Å². The fourth-order valence-electron chi connectivity index (χ4n) is 3.50. The van der Waals surface area contributed by atoms with E-state index in [9.17, 15) is 14.4 Å². The molecule has 1 amide bonds. The average Bonchev–Trinajstić information content (AvgIpc) is 3.44. The van der Waals surface area contributed by atoms with Crippen LogP contribution in [0.3, 0.4) is 0 Å². The number of anilines is 3. The molecule has 0 saturated carbocycles. The Morgan fingerprint density at radius 3 is 2.39 bits per heavy atom. The lowest BCUT2D eigenvalue weighted by Crippen LogP contribution is -2.24. The molecule has 0 radical (unpaired) electrons. The first-order valence-electron chi connectivity index (χ1n) is 10.1. The fourth-order valence-corrected chi connectivity index (χ4v) is 3.50. The van der Waals surface area contributed by atoms with E-state index in [0.29, 0.717) is 11.4 Å².